The third-order valence-electron chi connectivity index (χ3n) is 6.43. The molecule has 2 aliphatic heterocycles. The van der Waals surface area contributed by atoms with Gasteiger partial charge < -0.3 is 10.6 Å². The molecule has 4 heterocycles. The number of dihydropyridines is 1. The van der Waals surface area contributed by atoms with Crippen LogP contribution in [0.2, 0.25) is 5.02 Å². The third-order valence-corrected chi connectivity index (χ3v) is 7.88. The molecule has 0 bridgehead atoms. The second-order valence-electron chi connectivity index (χ2n) is 8.89. The lowest BCUT2D eigenvalue weighted by atomic mass is 10.00. The lowest BCUT2D eigenvalue weighted by Gasteiger charge is -2.14. The van der Waals surface area contributed by atoms with Crippen molar-refractivity contribution in [3.8, 4) is 5.00 Å². The van der Waals surface area contributed by atoms with Crippen LogP contribution in [-0.2, 0) is 0 Å². The lowest BCUT2D eigenvalue weighted by Crippen LogP contribution is -2.38. The minimum atomic E-state index is -0.407. The number of hydrogen-bond acceptors (Lipinski definition) is 6. The average Bonchev–Trinajstić information content (AvgIpc) is 3.35. The third kappa shape index (κ3) is 4.85. The molecular weight excluding hydrogens is 494 g/mol. The molecule has 10 heteroatoms. The quantitative estimate of drug-likeness (QED) is 0.483. The molecule has 0 aliphatic carbocycles. The lowest BCUT2D eigenvalue weighted by molar-refractivity contribution is 0.240. The predicted molar refractivity (Wildman–Crippen MR) is 145 cm³/mol. The van der Waals surface area contributed by atoms with Crippen molar-refractivity contribution in [2.24, 2.45) is 9.98 Å². The Morgan fingerprint density at radius 1 is 1.17 bits per heavy atom. The zero-order chi connectivity index (χ0) is 25.2. The summed E-state index contributed by atoms with van der Waals surface area (Å²) in [5.41, 5.74) is 5.23. The molecule has 3 aromatic rings. The molecule has 0 saturated heterocycles. The minimum absolute atomic E-state index is 0.236. The van der Waals surface area contributed by atoms with Gasteiger partial charge in [-0.2, -0.15) is 0 Å². The molecule has 0 saturated carbocycles. The zero-order valence-corrected chi connectivity index (χ0v) is 22.1. The number of amides is 2. The standard InChI is InChI=1S/C26H28ClN7OS/c1-15-16(2)36-25-22(15)23(19-6-8-20(27)9-7-19)31-21(24-33-32-17(3)34(24)25)14-30-26(35)29-12-10-18-5-4-11-28-13-18/h5-9,13,21H,4,10-12,14H2,1-3H3,(H2,29,30,35). The van der Waals surface area contributed by atoms with Crippen molar-refractivity contribution in [2.45, 2.75) is 39.7 Å². The molecule has 1 atom stereocenters. The summed E-state index contributed by atoms with van der Waals surface area (Å²) in [7, 11) is 0. The minimum Gasteiger partial charge on any atom is -0.338 e. The number of hydrogen-bond donors (Lipinski definition) is 2. The van der Waals surface area contributed by atoms with Crippen molar-refractivity contribution >= 4 is 40.9 Å². The Labute approximate surface area is 219 Å². The zero-order valence-electron chi connectivity index (χ0n) is 20.5. The van der Waals surface area contributed by atoms with Gasteiger partial charge in [-0.25, -0.2) is 4.79 Å². The van der Waals surface area contributed by atoms with Crippen molar-refractivity contribution in [3.05, 3.63) is 74.2 Å². The Morgan fingerprint density at radius 2 is 1.97 bits per heavy atom. The van der Waals surface area contributed by atoms with Crippen LogP contribution in [0.4, 0.5) is 4.79 Å². The summed E-state index contributed by atoms with van der Waals surface area (Å²) in [5.74, 6) is 1.50. The average molecular weight is 522 g/mol. The number of rotatable bonds is 6. The van der Waals surface area contributed by atoms with E-state index in [1.807, 2.05) is 37.4 Å². The van der Waals surface area contributed by atoms with Crippen LogP contribution in [0.25, 0.3) is 5.00 Å². The van der Waals surface area contributed by atoms with E-state index < -0.39 is 6.04 Å². The van der Waals surface area contributed by atoms with E-state index in [4.69, 9.17) is 16.6 Å². The molecule has 186 valence electrons. The first kappa shape index (κ1) is 24.4. The second-order valence-corrected chi connectivity index (χ2v) is 10.5. The fourth-order valence-electron chi connectivity index (χ4n) is 4.43. The first-order valence-corrected chi connectivity index (χ1v) is 13.2. The van der Waals surface area contributed by atoms with Crippen molar-refractivity contribution in [1.29, 1.82) is 0 Å². The fourth-order valence-corrected chi connectivity index (χ4v) is 5.77. The van der Waals surface area contributed by atoms with E-state index in [1.54, 1.807) is 11.3 Å². The highest BCUT2D eigenvalue weighted by Crippen LogP contribution is 2.38. The Balaban J connectivity index is 1.42. The predicted octanol–water partition coefficient (Wildman–Crippen LogP) is 4.89. The Bertz CT molecular complexity index is 1380. The molecule has 5 rings (SSSR count). The van der Waals surface area contributed by atoms with Crippen molar-refractivity contribution in [1.82, 2.24) is 25.4 Å². The van der Waals surface area contributed by atoms with E-state index in [2.05, 4.69) is 50.3 Å². The van der Waals surface area contributed by atoms with E-state index in [-0.39, 0.29) is 12.6 Å². The maximum atomic E-state index is 12.6. The highest BCUT2D eigenvalue weighted by atomic mass is 35.5. The summed E-state index contributed by atoms with van der Waals surface area (Å²) in [6.07, 6.45) is 5.77. The van der Waals surface area contributed by atoms with Crippen molar-refractivity contribution < 1.29 is 4.79 Å². The molecule has 0 radical (unpaired) electrons. The van der Waals surface area contributed by atoms with Gasteiger partial charge in [-0.15, -0.1) is 21.5 Å². The molecule has 2 amide bonds. The van der Waals surface area contributed by atoms with Crippen LogP contribution in [0, 0.1) is 20.8 Å². The monoisotopic (exact) mass is 521 g/mol. The number of thiophene rings is 1. The van der Waals surface area contributed by atoms with Crippen molar-refractivity contribution in [3.63, 3.8) is 0 Å². The van der Waals surface area contributed by atoms with Gasteiger partial charge in [0, 0.05) is 46.9 Å². The molecule has 2 aliphatic rings. The Kier molecular flexibility index (Phi) is 7.02. The maximum absolute atomic E-state index is 12.6. The summed E-state index contributed by atoms with van der Waals surface area (Å²) in [5, 5.41) is 16.5. The van der Waals surface area contributed by atoms with E-state index >= 15 is 0 Å². The van der Waals surface area contributed by atoms with Gasteiger partial charge in [0.05, 0.1) is 5.71 Å². The van der Waals surface area contributed by atoms with Gasteiger partial charge in [-0.1, -0.05) is 29.8 Å². The molecule has 2 N–H and O–H groups in total. The first-order chi connectivity index (χ1) is 17.4. The molecule has 1 unspecified atom stereocenters. The van der Waals surface area contributed by atoms with Gasteiger partial charge in [0.2, 0.25) is 0 Å². The molecular formula is C26H28ClN7OS. The van der Waals surface area contributed by atoms with Crippen LogP contribution in [0.1, 0.15) is 52.1 Å². The summed E-state index contributed by atoms with van der Waals surface area (Å²) in [4.78, 5) is 23.3. The van der Waals surface area contributed by atoms with E-state index in [0.717, 1.165) is 52.6 Å². The molecule has 1 aromatic carbocycles. The van der Waals surface area contributed by atoms with Crippen LogP contribution in [-0.4, -0.2) is 52.4 Å². The first-order valence-electron chi connectivity index (χ1n) is 12.0. The van der Waals surface area contributed by atoms with Gasteiger partial charge in [0.1, 0.15) is 16.9 Å². The number of carbonyl (C=O) groups is 1. The number of fused-ring (bicyclic) bond motifs is 3. The number of nitrogens with zero attached hydrogens (tertiary/aromatic N) is 5. The molecule has 0 fully saturated rings. The number of aromatic nitrogens is 3. The normalized spacial score (nSPS) is 16.5. The largest absolute Gasteiger partial charge is 0.338 e. The molecule has 0 spiro atoms. The number of nitrogens with one attached hydrogen (secondary N) is 2. The second kappa shape index (κ2) is 10.4. The summed E-state index contributed by atoms with van der Waals surface area (Å²) >= 11 is 7.88. The van der Waals surface area contributed by atoms with Crippen molar-refractivity contribution in [2.75, 3.05) is 19.6 Å². The van der Waals surface area contributed by atoms with Gasteiger partial charge in [-0.3, -0.25) is 14.6 Å². The highest BCUT2D eigenvalue weighted by molar-refractivity contribution is 7.15. The summed E-state index contributed by atoms with van der Waals surface area (Å²) < 4.78 is 2.07. The molecule has 36 heavy (non-hydrogen) atoms. The Hall–Kier alpha value is -3.30. The molecule has 8 nitrogen and oxygen atoms in total. The number of benzene rings is 1. The van der Waals surface area contributed by atoms with E-state index in [0.29, 0.717) is 17.4 Å². The highest BCUT2D eigenvalue weighted by Gasteiger charge is 2.31. The number of aryl methyl sites for hydroxylation is 2. The van der Waals surface area contributed by atoms with Crippen LogP contribution >= 0.6 is 22.9 Å². The molecule has 2 aromatic heterocycles. The SMILES string of the molecule is Cc1sc2c(c1C)C(c1ccc(Cl)cc1)=NC(CNC(=O)NCCC1=CCCN=C1)c1nnc(C)n1-2. The number of urea groups is 1. The van der Waals surface area contributed by atoms with E-state index in [1.165, 1.54) is 10.4 Å². The van der Waals surface area contributed by atoms with Gasteiger partial charge in [0.15, 0.2) is 5.82 Å². The Morgan fingerprint density at radius 3 is 2.72 bits per heavy atom. The number of halogens is 1. The fraction of sp³-hybridized carbons (Fsp3) is 0.346. The number of aliphatic imine (C=N–C) groups is 2. The smallest absolute Gasteiger partial charge is 0.314 e. The summed E-state index contributed by atoms with van der Waals surface area (Å²) in [6, 6.07) is 7.07. The summed E-state index contributed by atoms with van der Waals surface area (Å²) in [6.45, 7) is 7.85. The van der Waals surface area contributed by atoms with Gasteiger partial charge in [-0.05, 0) is 56.9 Å². The topological polar surface area (TPSA) is 96.6 Å². The number of carbonyl (C=O) groups excluding carboxylic acids is 1. The van der Waals surface area contributed by atoms with Crippen LogP contribution < -0.4 is 10.6 Å². The van der Waals surface area contributed by atoms with Crippen LogP contribution in [0.5, 0.6) is 0 Å². The maximum Gasteiger partial charge on any atom is 0.314 e. The van der Waals surface area contributed by atoms with Gasteiger partial charge in [0.25, 0.3) is 0 Å². The van der Waals surface area contributed by atoms with E-state index in [9.17, 15) is 4.79 Å². The van der Waals surface area contributed by atoms with Crippen LogP contribution in [0.3, 0.4) is 0 Å². The van der Waals surface area contributed by atoms with Crippen LogP contribution in [0.15, 0.2) is 45.9 Å². The van der Waals surface area contributed by atoms with Gasteiger partial charge >= 0.3 is 6.03 Å².